The molecule has 0 amide bonds. The first-order valence-electron chi connectivity index (χ1n) is 6.06. The number of ether oxygens (including phenoxy) is 1. The van der Waals surface area contributed by atoms with Crippen LogP contribution in [0.25, 0.3) is 0 Å². The molecule has 0 aliphatic rings. The van der Waals surface area contributed by atoms with Gasteiger partial charge in [-0.2, -0.15) is 0 Å². The average molecular weight is 253 g/mol. The number of likely N-dealkylation sites (N-methyl/N-ethyl adjacent to an activating group) is 1. The minimum absolute atomic E-state index is 0.141. The van der Waals surface area contributed by atoms with Crippen molar-refractivity contribution in [1.29, 1.82) is 0 Å². The molecule has 96 valence electrons. The van der Waals surface area contributed by atoms with Crippen molar-refractivity contribution in [3.63, 3.8) is 0 Å². The molecule has 0 bridgehead atoms. The number of benzene rings is 1. The van der Waals surface area contributed by atoms with Gasteiger partial charge in [0.25, 0.3) is 0 Å². The van der Waals surface area contributed by atoms with Crippen molar-refractivity contribution >= 4 is 11.8 Å². The Morgan fingerprint density at radius 1 is 1.29 bits per heavy atom. The lowest BCUT2D eigenvalue weighted by molar-refractivity contribution is -0.00309. The Bertz CT molecular complexity index is 313. The van der Waals surface area contributed by atoms with Crippen molar-refractivity contribution in [1.82, 2.24) is 5.32 Å². The molecule has 0 aliphatic carbocycles. The highest BCUT2D eigenvalue weighted by atomic mass is 32.2. The van der Waals surface area contributed by atoms with Crippen molar-refractivity contribution in [2.75, 3.05) is 19.4 Å². The van der Waals surface area contributed by atoms with Gasteiger partial charge in [0, 0.05) is 23.8 Å². The Hall–Kier alpha value is -0.510. The van der Waals surface area contributed by atoms with E-state index in [0.29, 0.717) is 6.04 Å². The van der Waals surface area contributed by atoms with Gasteiger partial charge in [-0.1, -0.05) is 25.1 Å². The molecular weight excluding hydrogens is 230 g/mol. The summed E-state index contributed by atoms with van der Waals surface area (Å²) in [6.45, 7) is 7.36. The van der Waals surface area contributed by atoms with E-state index in [2.05, 4.69) is 50.4 Å². The minimum atomic E-state index is -0.141. The van der Waals surface area contributed by atoms with Crippen molar-refractivity contribution in [3.8, 4) is 0 Å². The fraction of sp³-hybridized carbons (Fsp3) is 0.571. The molecule has 2 nitrogen and oxygen atoms in total. The molecule has 0 saturated heterocycles. The second-order valence-corrected chi connectivity index (χ2v) is 5.64. The first kappa shape index (κ1) is 14.6. The third kappa shape index (κ3) is 4.70. The normalized spacial score (nSPS) is 13.6. The van der Waals surface area contributed by atoms with Crippen LogP contribution in [0, 0.1) is 0 Å². The standard InChI is InChI=1S/C14H23NOS/c1-5-15-13(14(2,3)16-4)11-17-12-9-7-6-8-10-12/h6-10,13,15H,5,11H2,1-4H3. The maximum absolute atomic E-state index is 5.56. The molecule has 0 spiro atoms. The fourth-order valence-corrected chi connectivity index (χ4v) is 2.82. The number of rotatable bonds is 7. The number of hydrogen-bond acceptors (Lipinski definition) is 3. The lowest BCUT2D eigenvalue weighted by Crippen LogP contribution is -2.49. The molecule has 1 rings (SSSR count). The number of methoxy groups -OCH3 is 1. The second-order valence-electron chi connectivity index (χ2n) is 4.54. The monoisotopic (exact) mass is 253 g/mol. The average Bonchev–Trinajstić information content (AvgIpc) is 2.35. The van der Waals surface area contributed by atoms with E-state index in [0.717, 1.165) is 12.3 Å². The number of nitrogens with one attached hydrogen (secondary N) is 1. The summed E-state index contributed by atoms with van der Waals surface area (Å²) >= 11 is 1.87. The summed E-state index contributed by atoms with van der Waals surface area (Å²) in [6.07, 6.45) is 0. The van der Waals surface area contributed by atoms with E-state index in [1.165, 1.54) is 4.90 Å². The third-order valence-corrected chi connectivity index (χ3v) is 4.08. The van der Waals surface area contributed by atoms with Crippen LogP contribution in [0.1, 0.15) is 20.8 Å². The van der Waals surface area contributed by atoms with E-state index >= 15 is 0 Å². The maximum atomic E-state index is 5.56. The molecule has 1 aromatic carbocycles. The van der Waals surface area contributed by atoms with Crippen molar-refractivity contribution in [3.05, 3.63) is 30.3 Å². The molecule has 0 radical (unpaired) electrons. The summed E-state index contributed by atoms with van der Waals surface area (Å²) < 4.78 is 5.56. The van der Waals surface area contributed by atoms with Crippen molar-refractivity contribution < 1.29 is 4.74 Å². The van der Waals surface area contributed by atoms with E-state index in [-0.39, 0.29) is 5.60 Å². The van der Waals surface area contributed by atoms with Crippen molar-refractivity contribution in [2.45, 2.75) is 37.3 Å². The zero-order valence-corrected chi connectivity index (χ0v) is 12.0. The Kier molecular flexibility index (Phi) is 6.03. The van der Waals surface area contributed by atoms with Gasteiger partial charge >= 0.3 is 0 Å². The van der Waals surface area contributed by atoms with Crippen molar-refractivity contribution in [2.24, 2.45) is 0 Å². The molecule has 1 atom stereocenters. The minimum Gasteiger partial charge on any atom is -0.377 e. The highest BCUT2D eigenvalue weighted by Gasteiger charge is 2.28. The van der Waals surface area contributed by atoms with E-state index in [9.17, 15) is 0 Å². The van der Waals surface area contributed by atoms with Gasteiger partial charge in [-0.05, 0) is 32.5 Å². The predicted octanol–water partition coefficient (Wildman–Crippen LogP) is 3.18. The first-order valence-corrected chi connectivity index (χ1v) is 7.05. The number of thioether (sulfide) groups is 1. The Labute approximate surface area is 109 Å². The second kappa shape index (κ2) is 7.04. The van der Waals surface area contributed by atoms with Crippen LogP contribution in [0.3, 0.4) is 0 Å². The van der Waals surface area contributed by atoms with E-state index in [4.69, 9.17) is 4.74 Å². The summed E-state index contributed by atoms with van der Waals surface area (Å²) in [5.74, 6) is 1.01. The molecule has 0 aromatic heterocycles. The van der Waals surface area contributed by atoms with E-state index in [1.807, 2.05) is 17.8 Å². The van der Waals surface area contributed by atoms with Crippen LogP contribution in [-0.2, 0) is 4.74 Å². The van der Waals surface area contributed by atoms with Gasteiger partial charge < -0.3 is 10.1 Å². The van der Waals surface area contributed by atoms with E-state index in [1.54, 1.807) is 7.11 Å². The molecule has 1 aromatic rings. The van der Waals surface area contributed by atoms with Crippen LogP contribution in [0.15, 0.2) is 35.2 Å². The van der Waals surface area contributed by atoms with Crippen LogP contribution in [0.2, 0.25) is 0 Å². The van der Waals surface area contributed by atoms with Crippen LogP contribution in [-0.4, -0.2) is 31.1 Å². The fourth-order valence-electron chi connectivity index (χ4n) is 1.59. The molecule has 0 saturated carbocycles. The summed E-state index contributed by atoms with van der Waals surface area (Å²) in [6, 6.07) is 10.8. The topological polar surface area (TPSA) is 21.3 Å². The zero-order chi connectivity index (χ0) is 12.7. The third-order valence-electron chi connectivity index (χ3n) is 2.98. The van der Waals surface area contributed by atoms with Crippen LogP contribution in [0.5, 0.6) is 0 Å². The van der Waals surface area contributed by atoms with Gasteiger partial charge in [-0.3, -0.25) is 0 Å². The lowest BCUT2D eigenvalue weighted by atomic mass is 10.0. The molecule has 0 heterocycles. The maximum Gasteiger partial charge on any atom is 0.0783 e. The molecule has 1 N–H and O–H groups in total. The number of hydrogen-bond donors (Lipinski definition) is 1. The van der Waals surface area contributed by atoms with E-state index < -0.39 is 0 Å². The highest BCUT2D eigenvalue weighted by Crippen LogP contribution is 2.23. The molecule has 0 fully saturated rings. The van der Waals surface area contributed by atoms with Crippen LogP contribution in [0.4, 0.5) is 0 Å². The summed E-state index contributed by atoms with van der Waals surface area (Å²) in [4.78, 5) is 1.31. The Balaban J connectivity index is 2.56. The van der Waals surface area contributed by atoms with Gasteiger partial charge in [0.15, 0.2) is 0 Å². The summed E-state index contributed by atoms with van der Waals surface area (Å²) in [5, 5.41) is 3.50. The molecule has 17 heavy (non-hydrogen) atoms. The molecule has 0 aliphatic heterocycles. The summed E-state index contributed by atoms with van der Waals surface area (Å²) in [5.41, 5.74) is -0.141. The van der Waals surface area contributed by atoms with Gasteiger partial charge in [0.1, 0.15) is 0 Å². The summed E-state index contributed by atoms with van der Waals surface area (Å²) in [7, 11) is 1.78. The Morgan fingerprint density at radius 3 is 2.47 bits per heavy atom. The van der Waals surface area contributed by atoms with Crippen LogP contribution < -0.4 is 5.32 Å². The molecule has 1 unspecified atom stereocenters. The van der Waals surface area contributed by atoms with Crippen LogP contribution >= 0.6 is 11.8 Å². The SMILES string of the molecule is CCNC(CSc1ccccc1)C(C)(C)OC. The highest BCUT2D eigenvalue weighted by molar-refractivity contribution is 7.99. The van der Waals surface area contributed by atoms with Gasteiger partial charge in [0.05, 0.1) is 5.60 Å². The smallest absolute Gasteiger partial charge is 0.0783 e. The molecule has 3 heteroatoms. The van der Waals surface area contributed by atoms with Gasteiger partial charge in [-0.15, -0.1) is 11.8 Å². The zero-order valence-electron chi connectivity index (χ0n) is 11.2. The quantitative estimate of drug-likeness (QED) is 0.754. The predicted molar refractivity (Wildman–Crippen MR) is 75.7 cm³/mol. The Morgan fingerprint density at radius 2 is 1.94 bits per heavy atom. The lowest BCUT2D eigenvalue weighted by Gasteiger charge is -2.33. The largest absolute Gasteiger partial charge is 0.377 e. The molecular formula is C14H23NOS. The van der Waals surface area contributed by atoms with Gasteiger partial charge in [0.2, 0.25) is 0 Å². The first-order chi connectivity index (χ1) is 8.10. The van der Waals surface area contributed by atoms with Gasteiger partial charge in [-0.25, -0.2) is 0 Å².